The summed E-state index contributed by atoms with van der Waals surface area (Å²) >= 11 is 0. The second-order valence-electron chi connectivity index (χ2n) is 3.34. The van der Waals surface area contributed by atoms with E-state index in [0.29, 0.717) is 6.42 Å². The summed E-state index contributed by atoms with van der Waals surface area (Å²) in [5.74, 6) is 0.118. The number of hydrogen-bond acceptors (Lipinski definition) is 3. The lowest BCUT2D eigenvalue weighted by molar-refractivity contribution is -0.126. The van der Waals surface area contributed by atoms with E-state index in [2.05, 4.69) is 16.7 Å². The molecule has 1 amide bonds. The maximum atomic E-state index is 11.3. The average molecular weight is 181 g/mol. The molecule has 0 saturated carbocycles. The van der Waals surface area contributed by atoms with Crippen molar-refractivity contribution in [3.8, 4) is 6.07 Å². The normalized spacial score (nSPS) is 24.6. The Hall–Kier alpha value is -1.08. The highest BCUT2D eigenvalue weighted by atomic mass is 16.1. The predicted molar refractivity (Wildman–Crippen MR) is 48.8 cm³/mol. The minimum atomic E-state index is -0.200. The monoisotopic (exact) mass is 181 g/mol. The molecule has 2 unspecified atom stereocenters. The fourth-order valence-corrected chi connectivity index (χ4v) is 1.58. The summed E-state index contributed by atoms with van der Waals surface area (Å²) in [6.07, 6.45) is 2.56. The molecule has 72 valence electrons. The van der Waals surface area contributed by atoms with Gasteiger partial charge in [0.15, 0.2) is 0 Å². The van der Waals surface area contributed by atoms with Gasteiger partial charge >= 0.3 is 0 Å². The molecule has 2 atom stereocenters. The zero-order valence-electron chi connectivity index (χ0n) is 7.84. The van der Waals surface area contributed by atoms with E-state index < -0.39 is 0 Å². The molecule has 1 heterocycles. The Balaban J connectivity index is 2.42. The Morgan fingerprint density at radius 1 is 1.85 bits per heavy atom. The van der Waals surface area contributed by atoms with Crippen LogP contribution in [0.25, 0.3) is 0 Å². The van der Waals surface area contributed by atoms with Gasteiger partial charge in [0.2, 0.25) is 5.91 Å². The quantitative estimate of drug-likeness (QED) is 0.645. The summed E-state index contributed by atoms with van der Waals surface area (Å²) in [4.78, 5) is 11.3. The van der Waals surface area contributed by atoms with Crippen LogP contribution in [0.15, 0.2) is 0 Å². The van der Waals surface area contributed by atoms with Crippen LogP contribution in [-0.4, -0.2) is 25.5 Å². The third-order valence-corrected chi connectivity index (χ3v) is 2.42. The lowest BCUT2D eigenvalue weighted by Gasteiger charge is -2.23. The molecular formula is C9H15N3O. The number of carbonyl (C=O) groups excluding carboxylic acids is 1. The summed E-state index contributed by atoms with van der Waals surface area (Å²) in [6, 6.07) is 1.93. The molecule has 13 heavy (non-hydrogen) atoms. The molecule has 0 aliphatic carbocycles. The van der Waals surface area contributed by atoms with Gasteiger partial charge in [0.25, 0.3) is 0 Å². The van der Waals surface area contributed by atoms with Crippen LogP contribution in [0.3, 0.4) is 0 Å². The number of amides is 1. The van der Waals surface area contributed by atoms with E-state index in [0.717, 1.165) is 19.4 Å². The van der Waals surface area contributed by atoms with Gasteiger partial charge in [-0.15, -0.1) is 0 Å². The van der Waals surface area contributed by atoms with E-state index in [-0.39, 0.29) is 17.9 Å². The van der Waals surface area contributed by atoms with Crippen molar-refractivity contribution in [2.45, 2.75) is 25.3 Å². The first kappa shape index (κ1) is 10.0. The van der Waals surface area contributed by atoms with Gasteiger partial charge in [-0.2, -0.15) is 5.26 Å². The van der Waals surface area contributed by atoms with Gasteiger partial charge in [-0.3, -0.25) is 4.79 Å². The highest BCUT2D eigenvalue weighted by molar-refractivity contribution is 5.79. The Bertz CT molecular complexity index is 221. The third kappa shape index (κ3) is 2.71. The first-order valence-electron chi connectivity index (χ1n) is 4.62. The van der Waals surface area contributed by atoms with Crippen molar-refractivity contribution in [3.63, 3.8) is 0 Å². The molecule has 1 saturated heterocycles. The van der Waals surface area contributed by atoms with Gasteiger partial charge in [-0.25, -0.2) is 0 Å². The van der Waals surface area contributed by atoms with Crippen LogP contribution in [0.5, 0.6) is 0 Å². The molecule has 0 bridgehead atoms. The summed E-state index contributed by atoms with van der Waals surface area (Å²) in [5, 5.41) is 14.4. The molecule has 2 N–H and O–H groups in total. The van der Waals surface area contributed by atoms with Crippen LogP contribution in [0.2, 0.25) is 0 Å². The van der Waals surface area contributed by atoms with E-state index in [4.69, 9.17) is 5.26 Å². The van der Waals surface area contributed by atoms with Crippen molar-refractivity contribution in [2.24, 2.45) is 5.92 Å². The fraction of sp³-hybridized carbons (Fsp3) is 0.778. The van der Waals surface area contributed by atoms with Gasteiger partial charge < -0.3 is 10.6 Å². The zero-order valence-corrected chi connectivity index (χ0v) is 7.84. The van der Waals surface area contributed by atoms with Crippen LogP contribution in [0.4, 0.5) is 0 Å². The molecule has 4 nitrogen and oxygen atoms in total. The maximum absolute atomic E-state index is 11.3. The minimum absolute atomic E-state index is 0.0193. The van der Waals surface area contributed by atoms with E-state index in [1.54, 1.807) is 7.05 Å². The minimum Gasteiger partial charge on any atom is -0.356 e. The molecule has 1 rings (SSSR count). The number of nitrogens with zero attached hydrogens (tertiary/aromatic N) is 1. The second kappa shape index (κ2) is 4.83. The lowest BCUT2D eigenvalue weighted by atomic mass is 9.92. The van der Waals surface area contributed by atoms with Crippen LogP contribution in [0.1, 0.15) is 19.3 Å². The zero-order chi connectivity index (χ0) is 9.68. The number of piperidine rings is 1. The molecular weight excluding hydrogens is 166 g/mol. The van der Waals surface area contributed by atoms with E-state index >= 15 is 0 Å². The highest BCUT2D eigenvalue weighted by Gasteiger charge is 2.24. The fourth-order valence-electron chi connectivity index (χ4n) is 1.58. The van der Waals surface area contributed by atoms with Crippen LogP contribution in [-0.2, 0) is 4.79 Å². The Labute approximate surface area is 78.3 Å². The Morgan fingerprint density at radius 2 is 2.62 bits per heavy atom. The molecule has 0 spiro atoms. The van der Waals surface area contributed by atoms with Gasteiger partial charge in [-0.05, 0) is 26.3 Å². The van der Waals surface area contributed by atoms with Crippen molar-refractivity contribution < 1.29 is 4.79 Å². The first-order valence-corrected chi connectivity index (χ1v) is 4.62. The van der Waals surface area contributed by atoms with Gasteiger partial charge in [0.05, 0.1) is 12.1 Å². The number of carbonyl (C=O) groups is 1. The maximum Gasteiger partial charge on any atom is 0.223 e. The Morgan fingerprint density at radius 3 is 3.15 bits per heavy atom. The standard InChI is InChI=1S/C9H15N3O/c1-11-8(6-10)5-7-3-2-4-12-9(7)13/h7-8,11H,2-5H2,1H3,(H,12,13). The Kier molecular flexibility index (Phi) is 3.71. The van der Waals surface area contributed by atoms with Gasteiger partial charge in [-0.1, -0.05) is 0 Å². The molecule has 1 aliphatic rings. The summed E-state index contributed by atoms with van der Waals surface area (Å²) in [6.45, 7) is 0.784. The van der Waals surface area contributed by atoms with Crippen LogP contribution >= 0.6 is 0 Å². The van der Waals surface area contributed by atoms with Crippen molar-refractivity contribution >= 4 is 5.91 Å². The third-order valence-electron chi connectivity index (χ3n) is 2.42. The van der Waals surface area contributed by atoms with E-state index in [1.807, 2.05) is 0 Å². The predicted octanol–water partition coefficient (Wildman–Crippen LogP) is 0.0143. The van der Waals surface area contributed by atoms with Crippen LogP contribution < -0.4 is 10.6 Å². The van der Waals surface area contributed by atoms with Crippen molar-refractivity contribution in [1.29, 1.82) is 5.26 Å². The number of hydrogen-bond donors (Lipinski definition) is 2. The molecule has 4 heteroatoms. The van der Waals surface area contributed by atoms with E-state index in [1.165, 1.54) is 0 Å². The molecule has 1 aliphatic heterocycles. The largest absolute Gasteiger partial charge is 0.356 e. The topological polar surface area (TPSA) is 64.9 Å². The summed E-state index contributed by atoms with van der Waals surface area (Å²) < 4.78 is 0. The highest BCUT2D eigenvalue weighted by Crippen LogP contribution is 2.16. The molecule has 0 aromatic heterocycles. The molecule has 0 radical (unpaired) electrons. The van der Waals surface area contributed by atoms with Crippen molar-refractivity contribution in [2.75, 3.05) is 13.6 Å². The van der Waals surface area contributed by atoms with Crippen LogP contribution in [0, 0.1) is 17.2 Å². The van der Waals surface area contributed by atoms with Gasteiger partial charge in [0, 0.05) is 12.5 Å². The smallest absolute Gasteiger partial charge is 0.223 e. The lowest BCUT2D eigenvalue weighted by Crippen LogP contribution is -2.39. The summed E-state index contributed by atoms with van der Waals surface area (Å²) in [7, 11) is 1.74. The molecule has 0 aromatic carbocycles. The van der Waals surface area contributed by atoms with Gasteiger partial charge in [0.1, 0.15) is 0 Å². The average Bonchev–Trinajstić information content (AvgIpc) is 2.17. The number of nitriles is 1. The van der Waals surface area contributed by atoms with Crippen molar-refractivity contribution in [3.05, 3.63) is 0 Å². The molecule has 0 aromatic rings. The first-order chi connectivity index (χ1) is 6.27. The number of nitrogens with one attached hydrogen (secondary N) is 2. The van der Waals surface area contributed by atoms with E-state index in [9.17, 15) is 4.79 Å². The summed E-state index contributed by atoms with van der Waals surface area (Å²) in [5.41, 5.74) is 0. The second-order valence-corrected chi connectivity index (χ2v) is 3.34. The molecule has 1 fully saturated rings. The van der Waals surface area contributed by atoms with Crippen molar-refractivity contribution in [1.82, 2.24) is 10.6 Å². The number of rotatable bonds is 3. The SMILES string of the molecule is CNC(C#N)CC1CCCNC1=O.